The van der Waals surface area contributed by atoms with Gasteiger partial charge < -0.3 is 20.5 Å². The van der Waals surface area contributed by atoms with Crippen molar-refractivity contribution in [1.82, 2.24) is 10.3 Å². The number of rotatable bonds is 4. The number of methoxy groups -OCH3 is 1. The molecule has 0 spiro atoms. The van der Waals surface area contributed by atoms with Crippen LogP contribution in [0, 0.1) is 5.41 Å². The number of carbonyl (C=O) groups excluding carboxylic acids is 1. The Morgan fingerprint density at radius 1 is 1.74 bits per heavy atom. The number of hydrogen-bond acceptors (Lipinski definition) is 5. The van der Waals surface area contributed by atoms with Gasteiger partial charge in [0.15, 0.2) is 0 Å². The Kier molecular flexibility index (Phi) is 4.01. The summed E-state index contributed by atoms with van der Waals surface area (Å²) in [4.78, 5) is 16.2. The maximum atomic E-state index is 12.2. The number of ether oxygens (including phenoxy) is 2. The molecular formula is C13H19N3O3. The molecule has 1 aromatic rings. The molecular weight excluding hydrogens is 246 g/mol. The lowest BCUT2D eigenvalue weighted by Gasteiger charge is -2.25. The molecule has 1 aliphatic rings. The molecule has 6 heteroatoms. The lowest BCUT2D eigenvalue weighted by Crippen LogP contribution is -2.49. The van der Waals surface area contributed by atoms with Gasteiger partial charge in [0, 0.05) is 24.8 Å². The molecule has 1 saturated heterocycles. The zero-order valence-electron chi connectivity index (χ0n) is 11.2. The van der Waals surface area contributed by atoms with E-state index in [2.05, 4.69) is 10.3 Å². The van der Waals surface area contributed by atoms with E-state index in [9.17, 15) is 4.79 Å². The van der Waals surface area contributed by atoms with Crippen LogP contribution in [0.15, 0.2) is 18.3 Å². The molecule has 19 heavy (non-hydrogen) atoms. The van der Waals surface area contributed by atoms with Crippen LogP contribution in [0.1, 0.15) is 12.5 Å². The number of nitrogens with zero attached hydrogens (tertiary/aromatic N) is 1. The molecule has 1 amide bonds. The normalized spacial score (nSPS) is 26.2. The van der Waals surface area contributed by atoms with Gasteiger partial charge in [0.2, 0.25) is 11.8 Å². The molecule has 0 radical (unpaired) electrons. The second kappa shape index (κ2) is 5.54. The summed E-state index contributed by atoms with van der Waals surface area (Å²) in [6.45, 7) is 3.03. The molecule has 6 nitrogen and oxygen atoms in total. The van der Waals surface area contributed by atoms with Crippen LogP contribution in [-0.4, -0.2) is 37.3 Å². The van der Waals surface area contributed by atoms with E-state index < -0.39 is 5.41 Å². The predicted molar refractivity (Wildman–Crippen MR) is 69.5 cm³/mol. The summed E-state index contributed by atoms with van der Waals surface area (Å²) in [5.41, 5.74) is 6.18. The highest BCUT2D eigenvalue weighted by molar-refractivity contribution is 5.83. The summed E-state index contributed by atoms with van der Waals surface area (Å²) in [6, 6.07) is 3.35. The Bertz CT molecular complexity index is 466. The quantitative estimate of drug-likeness (QED) is 0.804. The van der Waals surface area contributed by atoms with Crippen molar-refractivity contribution in [3.8, 4) is 5.88 Å². The number of aromatic nitrogens is 1. The van der Waals surface area contributed by atoms with Gasteiger partial charge in [-0.05, 0) is 18.6 Å². The summed E-state index contributed by atoms with van der Waals surface area (Å²) in [7, 11) is 1.56. The highest BCUT2D eigenvalue weighted by atomic mass is 16.5. The Hall–Kier alpha value is -1.66. The highest BCUT2D eigenvalue weighted by Gasteiger charge is 2.44. The van der Waals surface area contributed by atoms with Gasteiger partial charge in [-0.2, -0.15) is 0 Å². The summed E-state index contributed by atoms with van der Waals surface area (Å²) in [6.07, 6.45) is 1.65. The van der Waals surface area contributed by atoms with Gasteiger partial charge in [0.05, 0.1) is 25.7 Å². The van der Waals surface area contributed by atoms with Gasteiger partial charge in [-0.1, -0.05) is 0 Å². The van der Waals surface area contributed by atoms with E-state index >= 15 is 0 Å². The van der Waals surface area contributed by atoms with Gasteiger partial charge in [-0.25, -0.2) is 4.98 Å². The number of nitrogens with one attached hydrogen (secondary N) is 1. The molecule has 0 aromatic carbocycles. The number of amides is 1. The first kappa shape index (κ1) is 13.8. The fourth-order valence-corrected chi connectivity index (χ4v) is 1.98. The SMILES string of the molecule is COc1cc(CNC(=O)C2(C)COCC2N)ccn1. The van der Waals surface area contributed by atoms with Crippen LogP contribution in [-0.2, 0) is 16.1 Å². The summed E-state index contributed by atoms with van der Waals surface area (Å²) >= 11 is 0. The first-order valence-corrected chi connectivity index (χ1v) is 6.17. The topological polar surface area (TPSA) is 86.5 Å². The average Bonchev–Trinajstić information content (AvgIpc) is 2.77. The van der Waals surface area contributed by atoms with Crippen molar-refractivity contribution in [2.75, 3.05) is 20.3 Å². The van der Waals surface area contributed by atoms with E-state index in [1.165, 1.54) is 0 Å². The second-order valence-corrected chi connectivity index (χ2v) is 4.93. The molecule has 2 heterocycles. The zero-order valence-corrected chi connectivity index (χ0v) is 11.2. The smallest absolute Gasteiger partial charge is 0.230 e. The molecule has 0 saturated carbocycles. The van der Waals surface area contributed by atoms with Crippen LogP contribution in [0.3, 0.4) is 0 Å². The maximum Gasteiger partial charge on any atom is 0.230 e. The van der Waals surface area contributed by atoms with Gasteiger partial charge in [-0.3, -0.25) is 4.79 Å². The molecule has 0 aliphatic carbocycles. The molecule has 1 aromatic heterocycles. The van der Waals surface area contributed by atoms with Crippen LogP contribution in [0.4, 0.5) is 0 Å². The fourth-order valence-electron chi connectivity index (χ4n) is 1.98. The van der Waals surface area contributed by atoms with E-state index in [1.807, 2.05) is 13.0 Å². The molecule has 3 N–H and O–H groups in total. The first-order valence-electron chi connectivity index (χ1n) is 6.17. The standard InChI is InChI=1S/C13H19N3O3/c1-13(8-19-7-10(13)14)12(17)16-6-9-3-4-15-11(5-9)18-2/h3-5,10H,6-8,14H2,1-2H3,(H,16,17). The van der Waals surface area contributed by atoms with Crippen molar-refractivity contribution >= 4 is 5.91 Å². The van der Waals surface area contributed by atoms with Gasteiger partial charge in [-0.15, -0.1) is 0 Å². The number of pyridine rings is 1. The van der Waals surface area contributed by atoms with E-state index in [1.54, 1.807) is 19.4 Å². The monoisotopic (exact) mass is 265 g/mol. The first-order chi connectivity index (χ1) is 9.06. The van der Waals surface area contributed by atoms with Crippen molar-refractivity contribution in [2.24, 2.45) is 11.1 Å². The number of carbonyl (C=O) groups is 1. The largest absolute Gasteiger partial charge is 0.481 e. The highest BCUT2D eigenvalue weighted by Crippen LogP contribution is 2.27. The number of nitrogens with two attached hydrogens (primary N) is 1. The Morgan fingerprint density at radius 2 is 2.53 bits per heavy atom. The van der Waals surface area contributed by atoms with E-state index in [0.717, 1.165) is 5.56 Å². The van der Waals surface area contributed by atoms with Crippen molar-refractivity contribution in [3.05, 3.63) is 23.9 Å². The minimum absolute atomic E-state index is 0.0896. The minimum atomic E-state index is -0.656. The molecule has 2 rings (SSSR count). The third-order valence-electron chi connectivity index (χ3n) is 3.50. The predicted octanol–water partition coefficient (Wildman–Crippen LogP) is 0.0702. The molecule has 104 valence electrons. The minimum Gasteiger partial charge on any atom is -0.481 e. The fraction of sp³-hybridized carbons (Fsp3) is 0.538. The lowest BCUT2D eigenvalue weighted by atomic mass is 9.85. The Morgan fingerprint density at radius 3 is 3.16 bits per heavy atom. The Balaban J connectivity index is 1.96. The van der Waals surface area contributed by atoms with Gasteiger partial charge in [0.1, 0.15) is 0 Å². The second-order valence-electron chi connectivity index (χ2n) is 4.93. The van der Waals surface area contributed by atoms with Crippen LogP contribution < -0.4 is 15.8 Å². The Labute approximate surface area is 112 Å². The van der Waals surface area contributed by atoms with E-state index in [0.29, 0.717) is 25.6 Å². The van der Waals surface area contributed by atoms with E-state index in [4.69, 9.17) is 15.2 Å². The zero-order chi connectivity index (χ0) is 13.9. The van der Waals surface area contributed by atoms with Crippen LogP contribution in [0.5, 0.6) is 5.88 Å². The molecule has 1 fully saturated rings. The van der Waals surface area contributed by atoms with Crippen molar-refractivity contribution in [3.63, 3.8) is 0 Å². The number of hydrogen-bond donors (Lipinski definition) is 2. The summed E-state index contributed by atoms with van der Waals surface area (Å²) in [5, 5.41) is 2.88. The molecule has 2 unspecified atom stereocenters. The van der Waals surface area contributed by atoms with Crippen molar-refractivity contribution < 1.29 is 14.3 Å². The molecule has 2 atom stereocenters. The van der Waals surface area contributed by atoms with Crippen LogP contribution in [0.25, 0.3) is 0 Å². The summed E-state index contributed by atoms with van der Waals surface area (Å²) in [5.74, 6) is 0.437. The average molecular weight is 265 g/mol. The van der Waals surface area contributed by atoms with Gasteiger partial charge >= 0.3 is 0 Å². The molecule has 0 bridgehead atoms. The van der Waals surface area contributed by atoms with E-state index in [-0.39, 0.29) is 11.9 Å². The van der Waals surface area contributed by atoms with Crippen LogP contribution >= 0.6 is 0 Å². The molecule has 1 aliphatic heterocycles. The lowest BCUT2D eigenvalue weighted by molar-refractivity contribution is -0.130. The van der Waals surface area contributed by atoms with Crippen molar-refractivity contribution in [2.45, 2.75) is 19.5 Å². The van der Waals surface area contributed by atoms with Gasteiger partial charge in [0.25, 0.3) is 0 Å². The maximum absolute atomic E-state index is 12.2. The van der Waals surface area contributed by atoms with Crippen molar-refractivity contribution in [1.29, 1.82) is 0 Å². The van der Waals surface area contributed by atoms with Crippen LogP contribution in [0.2, 0.25) is 0 Å². The third-order valence-corrected chi connectivity index (χ3v) is 3.50. The third kappa shape index (κ3) is 2.85. The summed E-state index contributed by atoms with van der Waals surface area (Å²) < 4.78 is 10.3.